The third-order valence-corrected chi connectivity index (χ3v) is 5.30. The summed E-state index contributed by atoms with van der Waals surface area (Å²) in [6.07, 6.45) is -6.15. The summed E-state index contributed by atoms with van der Waals surface area (Å²) in [6.45, 7) is 2.08. The topological polar surface area (TPSA) is 77.1 Å². The number of nitrogens with one attached hydrogen (secondary N) is 1. The maximum atomic E-state index is 13.3. The molecule has 0 unspecified atom stereocenters. The number of carbonyl (C=O) groups is 1. The summed E-state index contributed by atoms with van der Waals surface area (Å²) in [4.78, 5) is 16.2. The highest BCUT2D eigenvalue weighted by Gasteiger charge is 2.22. The van der Waals surface area contributed by atoms with E-state index in [2.05, 4.69) is 20.5 Å². The van der Waals surface area contributed by atoms with Crippen molar-refractivity contribution >= 4 is 40.6 Å². The molecule has 4 rings (SSSR count). The number of alkyl halides is 4. The first kappa shape index (κ1) is 23.0. The van der Waals surface area contributed by atoms with E-state index in [1.807, 2.05) is 0 Å². The average molecular weight is 501 g/mol. The number of aryl methyl sites for hydroxylation is 1. The van der Waals surface area contributed by atoms with E-state index in [0.717, 1.165) is 11.6 Å². The molecule has 1 N–H and O–H groups in total. The van der Waals surface area contributed by atoms with Crippen molar-refractivity contribution in [3.05, 3.63) is 74.8 Å². The average Bonchev–Trinajstić information content (AvgIpc) is 3.32. The molecule has 7 nitrogen and oxygen atoms in total. The minimum Gasteiger partial charge on any atom is -0.304 e. The molecule has 33 heavy (non-hydrogen) atoms. The molecular weight excluding hydrogens is 487 g/mol. The van der Waals surface area contributed by atoms with Crippen molar-refractivity contribution in [3.63, 3.8) is 0 Å². The molecular formula is C20H14Cl2F4N6O. The Morgan fingerprint density at radius 1 is 1.06 bits per heavy atom. The van der Waals surface area contributed by atoms with Crippen molar-refractivity contribution in [1.82, 2.24) is 24.4 Å². The van der Waals surface area contributed by atoms with E-state index in [9.17, 15) is 22.4 Å². The first-order chi connectivity index (χ1) is 15.6. The second-order valence-corrected chi connectivity index (χ2v) is 7.87. The van der Waals surface area contributed by atoms with Crippen LogP contribution in [0.5, 0.6) is 0 Å². The van der Waals surface area contributed by atoms with Gasteiger partial charge in [0, 0.05) is 27.9 Å². The number of anilines is 1. The van der Waals surface area contributed by atoms with Gasteiger partial charge in [-0.05, 0) is 30.7 Å². The smallest absolute Gasteiger partial charge is 0.280 e. The Bertz CT molecular complexity index is 1350. The van der Waals surface area contributed by atoms with E-state index in [1.54, 1.807) is 35.9 Å². The highest BCUT2D eigenvalue weighted by Crippen LogP contribution is 2.26. The molecule has 1 aromatic carbocycles. The van der Waals surface area contributed by atoms with Crippen molar-refractivity contribution in [3.8, 4) is 0 Å². The summed E-state index contributed by atoms with van der Waals surface area (Å²) in [6, 6.07) is 8.24. The molecule has 0 bridgehead atoms. The van der Waals surface area contributed by atoms with Gasteiger partial charge in [-0.1, -0.05) is 29.3 Å². The maximum absolute atomic E-state index is 13.3. The molecule has 0 aliphatic heterocycles. The first-order valence-corrected chi connectivity index (χ1v) is 10.1. The van der Waals surface area contributed by atoms with Crippen molar-refractivity contribution in [1.29, 1.82) is 0 Å². The van der Waals surface area contributed by atoms with Gasteiger partial charge in [-0.15, -0.1) is 0 Å². The van der Waals surface area contributed by atoms with Gasteiger partial charge in [0.1, 0.15) is 11.4 Å². The van der Waals surface area contributed by atoms with Crippen LogP contribution in [0.25, 0.3) is 5.65 Å². The standard InChI is InChI=1S/C20H14Cl2F4N6O/c1-9-4-16(30-31(9)8-10-2-3-11(21)5-12(10)22)28-20(33)14-7-17-27-13(18(23)24)6-15(19(25)26)32(17)29-14/h2-7,18-19H,8H2,1H3,(H,28,30,33). The third-order valence-electron chi connectivity index (χ3n) is 4.71. The van der Waals surface area contributed by atoms with Crippen LogP contribution in [-0.2, 0) is 6.54 Å². The molecule has 0 radical (unpaired) electrons. The Kier molecular flexibility index (Phi) is 6.26. The van der Waals surface area contributed by atoms with Gasteiger partial charge in [-0.25, -0.2) is 27.1 Å². The highest BCUT2D eigenvalue weighted by molar-refractivity contribution is 6.35. The predicted octanol–water partition coefficient (Wildman–Crippen LogP) is 5.72. The molecule has 0 saturated carbocycles. The Balaban J connectivity index is 1.58. The monoisotopic (exact) mass is 500 g/mol. The molecule has 1 amide bonds. The molecule has 3 heterocycles. The number of hydrogen-bond acceptors (Lipinski definition) is 4. The minimum absolute atomic E-state index is 0.176. The number of fused-ring (bicyclic) bond motifs is 1. The summed E-state index contributed by atoms with van der Waals surface area (Å²) in [7, 11) is 0. The Morgan fingerprint density at radius 3 is 2.48 bits per heavy atom. The number of carbonyl (C=O) groups excluding carboxylic acids is 1. The van der Waals surface area contributed by atoms with Crippen LogP contribution in [0, 0.1) is 6.92 Å². The predicted molar refractivity (Wildman–Crippen MR) is 113 cm³/mol. The maximum Gasteiger partial charge on any atom is 0.280 e. The number of halogens is 6. The molecule has 4 aromatic rings. The van der Waals surface area contributed by atoms with Crippen molar-refractivity contribution in [2.75, 3.05) is 5.32 Å². The molecule has 0 aliphatic rings. The second-order valence-electron chi connectivity index (χ2n) is 7.03. The Morgan fingerprint density at radius 2 is 1.82 bits per heavy atom. The van der Waals surface area contributed by atoms with Gasteiger partial charge < -0.3 is 5.32 Å². The lowest BCUT2D eigenvalue weighted by Crippen LogP contribution is -2.14. The molecule has 172 valence electrons. The zero-order valence-corrected chi connectivity index (χ0v) is 18.2. The van der Waals surface area contributed by atoms with Crippen LogP contribution in [0.15, 0.2) is 36.4 Å². The Hall–Kier alpha value is -3.18. The van der Waals surface area contributed by atoms with E-state index in [-0.39, 0.29) is 17.2 Å². The van der Waals surface area contributed by atoms with Crippen molar-refractivity contribution in [2.24, 2.45) is 0 Å². The first-order valence-electron chi connectivity index (χ1n) is 9.39. The lowest BCUT2D eigenvalue weighted by atomic mass is 10.2. The quantitative estimate of drug-likeness (QED) is 0.343. The van der Waals surface area contributed by atoms with Gasteiger partial charge in [0.2, 0.25) is 0 Å². The van der Waals surface area contributed by atoms with Crippen molar-refractivity contribution < 1.29 is 22.4 Å². The normalized spacial score (nSPS) is 11.7. The summed E-state index contributed by atoms with van der Waals surface area (Å²) in [5, 5.41) is 11.6. The van der Waals surface area contributed by atoms with Crippen LogP contribution in [0.2, 0.25) is 10.0 Å². The second kappa shape index (κ2) is 8.99. The molecule has 13 heteroatoms. The van der Waals surface area contributed by atoms with Gasteiger partial charge in [0.05, 0.1) is 6.54 Å². The summed E-state index contributed by atoms with van der Waals surface area (Å²) in [5.74, 6) is -0.594. The fourth-order valence-electron chi connectivity index (χ4n) is 3.12. The van der Waals surface area contributed by atoms with Gasteiger partial charge in [-0.3, -0.25) is 9.48 Å². The number of amides is 1. The van der Waals surface area contributed by atoms with Crippen LogP contribution < -0.4 is 5.32 Å². The fraction of sp³-hybridized carbons (Fsp3) is 0.200. The van der Waals surface area contributed by atoms with Gasteiger partial charge in [0.15, 0.2) is 17.2 Å². The molecule has 0 aliphatic carbocycles. The third kappa shape index (κ3) is 4.79. The van der Waals surface area contributed by atoms with Crippen LogP contribution in [-0.4, -0.2) is 30.3 Å². The van der Waals surface area contributed by atoms with E-state index < -0.39 is 30.1 Å². The molecule has 0 saturated heterocycles. The van der Waals surface area contributed by atoms with Crippen LogP contribution in [0.1, 0.15) is 46.0 Å². The van der Waals surface area contributed by atoms with E-state index >= 15 is 0 Å². The highest BCUT2D eigenvalue weighted by atomic mass is 35.5. The summed E-state index contributed by atoms with van der Waals surface area (Å²) >= 11 is 12.1. The van der Waals surface area contributed by atoms with Crippen LogP contribution in [0.4, 0.5) is 23.4 Å². The summed E-state index contributed by atoms with van der Waals surface area (Å²) < 4.78 is 54.9. The van der Waals surface area contributed by atoms with E-state index in [1.165, 1.54) is 0 Å². The van der Waals surface area contributed by atoms with E-state index in [4.69, 9.17) is 23.2 Å². The molecule has 0 atom stereocenters. The summed E-state index contributed by atoms with van der Waals surface area (Å²) in [5.41, 5.74) is -0.759. The zero-order chi connectivity index (χ0) is 23.9. The zero-order valence-electron chi connectivity index (χ0n) is 16.7. The van der Waals surface area contributed by atoms with Gasteiger partial charge in [0.25, 0.3) is 18.8 Å². The van der Waals surface area contributed by atoms with Crippen molar-refractivity contribution in [2.45, 2.75) is 26.3 Å². The van der Waals surface area contributed by atoms with Crippen LogP contribution in [0.3, 0.4) is 0 Å². The molecule has 0 spiro atoms. The number of benzene rings is 1. The number of rotatable bonds is 6. The minimum atomic E-state index is -3.10. The fourth-order valence-corrected chi connectivity index (χ4v) is 3.59. The SMILES string of the molecule is Cc1cc(NC(=O)c2cc3nc(C(F)F)cc(C(F)F)n3n2)nn1Cc1ccc(Cl)cc1Cl. The van der Waals surface area contributed by atoms with Gasteiger partial charge >= 0.3 is 0 Å². The number of aromatic nitrogens is 5. The van der Waals surface area contributed by atoms with E-state index in [0.29, 0.717) is 32.9 Å². The molecule has 0 fully saturated rings. The molecule has 3 aromatic heterocycles. The van der Waals surface area contributed by atoms with Crippen LogP contribution >= 0.6 is 23.2 Å². The number of hydrogen-bond donors (Lipinski definition) is 1. The largest absolute Gasteiger partial charge is 0.304 e. The lowest BCUT2D eigenvalue weighted by Gasteiger charge is -2.07. The Labute approximate surface area is 193 Å². The van der Waals surface area contributed by atoms with Gasteiger partial charge in [-0.2, -0.15) is 10.2 Å². The lowest BCUT2D eigenvalue weighted by molar-refractivity contribution is 0.102. The number of nitrogens with zero attached hydrogens (tertiary/aromatic N) is 5.